The van der Waals surface area contributed by atoms with Crippen molar-refractivity contribution in [2.24, 2.45) is 0 Å². The fourth-order valence-corrected chi connectivity index (χ4v) is 1.92. The highest BCUT2D eigenvalue weighted by Gasteiger charge is 2.10. The predicted molar refractivity (Wildman–Crippen MR) is 70.9 cm³/mol. The number of furan rings is 1. The molecule has 0 unspecified atom stereocenters. The van der Waals surface area contributed by atoms with Gasteiger partial charge in [-0.1, -0.05) is 0 Å². The average Bonchev–Trinajstić information content (AvgIpc) is 2.77. The molecule has 0 radical (unpaired) electrons. The Balaban J connectivity index is 2.08. The first-order valence-electron chi connectivity index (χ1n) is 6.25. The lowest BCUT2D eigenvalue weighted by Gasteiger charge is -2.07. The molecule has 0 saturated carbocycles. The minimum absolute atomic E-state index is 0.292. The molecule has 102 valence electrons. The van der Waals surface area contributed by atoms with Crippen LogP contribution in [0.5, 0.6) is 0 Å². The molecule has 0 spiro atoms. The summed E-state index contributed by atoms with van der Waals surface area (Å²) in [5, 5.41) is 0. The first-order chi connectivity index (χ1) is 9.06. The maximum atomic E-state index is 13.6. The highest BCUT2D eigenvalue weighted by Crippen LogP contribution is 2.26. The molecular weight excluding hydrogens is 248 g/mol. The Morgan fingerprint density at radius 2 is 1.89 bits per heavy atom. The molecule has 2 aromatic rings. The Hall–Kier alpha value is -1.68. The van der Waals surface area contributed by atoms with E-state index in [4.69, 9.17) is 4.42 Å². The first kappa shape index (κ1) is 13.7. The molecular formula is C15H17F2NO. The molecule has 0 bridgehead atoms. The van der Waals surface area contributed by atoms with Crippen LogP contribution in [0.1, 0.15) is 12.2 Å². The zero-order chi connectivity index (χ0) is 13.8. The van der Waals surface area contributed by atoms with Crippen molar-refractivity contribution in [1.82, 2.24) is 4.90 Å². The van der Waals surface area contributed by atoms with Gasteiger partial charge in [0, 0.05) is 12.5 Å². The number of rotatable bonds is 5. The average molecular weight is 265 g/mol. The Labute approximate surface area is 111 Å². The molecule has 1 heterocycles. The van der Waals surface area contributed by atoms with Crippen LogP contribution >= 0.6 is 0 Å². The Kier molecular flexibility index (Phi) is 4.32. The lowest BCUT2D eigenvalue weighted by atomic mass is 10.1. The van der Waals surface area contributed by atoms with Crippen molar-refractivity contribution in [3.05, 3.63) is 47.7 Å². The van der Waals surface area contributed by atoms with E-state index in [2.05, 4.69) is 4.90 Å². The molecule has 19 heavy (non-hydrogen) atoms. The second-order valence-electron chi connectivity index (χ2n) is 4.80. The van der Waals surface area contributed by atoms with Crippen molar-refractivity contribution in [3.63, 3.8) is 0 Å². The second-order valence-corrected chi connectivity index (χ2v) is 4.80. The fourth-order valence-electron chi connectivity index (χ4n) is 1.92. The number of aryl methyl sites for hydroxylation is 1. The minimum Gasteiger partial charge on any atom is -0.461 e. The van der Waals surface area contributed by atoms with Crippen LogP contribution in [0, 0.1) is 11.6 Å². The summed E-state index contributed by atoms with van der Waals surface area (Å²) in [5.41, 5.74) is 0.292. The van der Waals surface area contributed by atoms with Gasteiger partial charge in [-0.15, -0.1) is 0 Å². The number of hydrogen-bond donors (Lipinski definition) is 0. The highest BCUT2D eigenvalue weighted by molar-refractivity contribution is 5.58. The van der Waals surface area contributed by atoms with Crippen molar-refractivity contribution in [2.75, 3.05) is 20.6 Å². The van der Waals surface area contributed by atoms with E-state index in [1.807, 2.05) is 20.2 Å². The quantitative estimate of drug-likeness (QED) is 0.819. The van der Waals surface area contributed by atoms with E-state index in [1.54, 1.807) is 6.07 Å². The zero-order valence-corrected chi connectivity index (χ0v) is 11.1. The van der Waals surface area contributed by atoms with Crippen LogP contribution in [0.2, 0.25) is 0 Å². The van der Waals surface area contributed by atoms with Crippen LogP contribution in [0.4, 0.5) is 8.78 Å². The number of halogens is 2. The zero-order valence-electron chi connectivity index (χ0n) is 11.1. The molecule has 0 aliphatic rings. The molecule has 0 N–H and O–H groups in total. The standard InChI is InChI=1S/C15H17F2NO/c1-18(2)9-3-4-12-6-8-15(19-12)13-7-5-11(16)10-14(13)17/h5-8,10H,3-4,9H2,1-2H3. The van der Waals surface area contributed by atoms with Gasteiger partial charge in [-0.3, -0.25) is 0 Å². The van der Waals surface area contributed by atoms with Crippen molar-refractivity contribution in [2.45, 2.75) is 12.8 Å². The fraction of sp³-hybridized carbons (Fsp3) is 0.333. The molecule has 0 aliphatic carbocycles. The third-order valence-corrected chi connectivity index (χ3v) is 2.89. The van der Waals surface area contributed by atoms with Gasteiger partial charge in [0.2, 0.25) is 0 Å². The molecule has 1 aromatic carbocycles. The molecule has 1 aromatic heterocycles. The van der Waals surface area contributed by atoms with E-state index in [-0.39, 0.29) is 0 Å². The van der Waals surface area contributed by atoms with E-state index in [1.165, 1.54) is 12.1 Å². The van der Waals surface area contributed by atoms with E-state index in [0.29, 0.717) is 11.3 Å². The maximum absolute atomic E-state index is 13.6. The second kappa shape index (κ2) is 5.97. The van der Waals surface area contributed by atoms with Gasteiger partial charge in [0.05, 0.1) is 5.56 Å². The van der Waals surface area contributed by atoms with Crippen LogP contribution in [0.25, 0.3) is 11.3 Å². The Morgan fingerprint density at radius 3 is 2.58 bits per heavy atom. The van der Waals surface area contributed by atoms with E-state index < -0.39 is 11.6 Å². The van der Waals surface area contributed by atoms with Crippen LogP contribution in [-0.4, -0.2) is 25.5 Å². The van der Waals surface area contributed by atoms with Crippen molar-refractivity contribution < 1.29 is 13.2 Å². The number of hydrogen-bond acceptors (Lipinski definition) is 2. The van der Waals surface area contributed by atoms with Crippen LogP contribution in [0.15, 0.2) is 34.7 Å². The van der Waals surface area contributed by atoms with Gasteiger partial charge < -0.3 is 9.32 Å². The van der Waals surface area contributed by atoms with Gasteiger partial charge in [-0.2, -0.15) is 0 Å². The summed E-state index contributed by atoms with van der Waals surface area (Å²) in [6, 6.07) is 7.05. The molecule has 0 amide bonds. The largest absolute Gasteiger partial charge is 0.461 e. The topological polar surface area (TPSA) is 16.4 Å². The van der Waals surface area contributed by atoms with Crippen molar-refractivity contribution >= 4 is 0 Å². The summed E-state index contributed by atoms with van der Waals surface area (Å²) in [6.07, 6.45) is 1.78. The molecule has 0 fully saturated rings. The lowest BCUT2D eigenvalue weighted by molar-refractivity contribution is 0.390. The molecule has 2 rings (SSSR count). The number of benzene rings is 1. The van der Waals surface area contributed by atoms with Crippen molar-refractivity contribution in [1.29, 1.82) is 0 Å². The van der Waals surface area contributed by atoms with Gasteiger partial charge in [0.15, 0.2) is 0 Å². The van der Waals surface area contributed by atoms with Crippen LogP contribution < -0.4 is 0 Å². The molecule has 0 saturated heterocycles. The summed E-state index contributed by atoms with van der Waals surface area (Å²) in [7, 11) is 4.03. The summed E-state index contributed by atoms with van der Waals surface area (Å²) in [6.45, 7) is 0.973. The molecule has 4 heteroatoms. The monoisotopic (exact) mass is 265 g/mol. The van der Waals surface area contributed by atoms with E-state index in [9.17, 15) is 8.78 Å². The van der Waals surface area contributed by atoms with E-state index in [0.717, 1.165) is 31.2 Å². The summed E-state index contributed by atoms with van der Waals surface area (Å²) < 4.78 is 32.0. The summed E-state index contributed by atoms with van der Waals surface area (Å²) >= 11 is 0. The van der Waals surface area contributed by atoms with Gasteiger partial charge >= 0.3 is 0 Å². The highest BCUT2D eigenvalue weighted by atomic mass is 19.1. The Morgan fingerprint density at radius 1 is 1.11 bits per heavy atom. The SMILES string of the molecule is CN(C)CCCc1ccc(-c2ccc(F)cc2F)o1. The minimum atomic E-state index is -0.603. The normalized spacial score (nSPS) is 11.2. The summed E-state index contributed by atoms with van der Waals surface area (Å²) in [4.78, 5) is 2.10. The Bertz CT molecular complexity index is 549. The molecule has 0 atom stereocenters. The lowest BCUT2D eigenvalue weighted by Crippen LogP contribution is -2.13. The maximum Gasteiger partial charge on any atom is 0.137 e. The third kappa shape index (κ3) is 3.64. The van der Waals surface area contributed by atoms with Crippen molar-refractivity contribution in [3.8, 4) is 11.3 Å². The van der Waals surface area contributed by atoms with Gasteiger partial charge in [-0.25, -0.2) is 8.78 Å². The van der Waals surface area contributed by atoms with Crippen LogP contribution in [-0.2, 0) is 6.42 Å². The smallest absolute Gasteiger partial charge is 0.137 e. The first-order valence-corrected chi connectivity index (χ1v) is 6.25. The molecule has 2 nitrogen and oxygen atoms in total. The van der Waals surface area contributed by atoms with E-state index >= 15 is 0 Å². The van der Waals surface area contributed by atoms with Crippen LogP contribution in [0.3, 0.4) is 0 Å². The summed E-state index contributed by atoms with van der Waals surface area (Å²) in [5.74, 6) is 0.0751. The molecule has 0 aliphatic heterocycles. The van der Waals surface area contributed by atoms with Gasteiger partial charge in [0.25, 0.3) is 0 Å². The predicted octanol–water partition coefficient (Wildman–Crippen LogP) is 3.72. The van der Waals surface area contributed by atoms with Gasteiger partial charge in [0.1, 0.15) is 23.2 Å². The van der Waals surface area contributed by atoms with Gasteiger partial charge in [-0.05, 0) is 51.3 Å². The third-order valence-electron chi connectivity index (χ3n) is 2.89. The number of nitrogens with zero attached hydrogens (tertiary/aromatic N) is 1.